The van der Waals surface area contributed by atoms with Crippen LogP contribution in [0, 0.1) is 0 Å². The number of ether oxygens (including phenoxy) is 2. The van der Waals surface area contributed by atoms with Crippen molar-refractivity contribution in [3.8, 4) is 5.75 Å². The molecule has 1 N–H and O–H groups in total. The van der Waals surface area contributed by atoms with Gasteiger partial charge in [-0.15, -0.1) is 0 Å². The zero-order chi connectivity index (χ0) is 26.5. The lowest BCUT2D eigenvalue weighted by Crippen LogP contribution is -2.48. The van der Waals surface area contributed by atoms with Crippen molar-refractivity contribution in [1.29, 1.82) is 0 Å². The van der Waals surface area contributed by atoms with Gasteiger partial charge in [0, 0.05) is 23.1 Å². The Balaban J connectivity index is 1.56. The van der Waals surface area contributed by atoms with E-state index >= 15 is 0 Å². The molecule has 0 saturated carbocycles. The third-order valence-corrected chi connectivity index (χ3v) is 8.88. The third kappa shape index (κ3) is 7.24. The third-order valence-electron chi connectivity index (χ3n) is 5.29. The Bertz CT molecular complexity index is 1260. The second kappa shape index (κ2) is 12.0. The van der Waals surface area contributed by atoms with E-state index in [9.17, 15) is 21.6 Å². The minimum absolute atomic E-state index is 0.0793. The molecule has 1 saturated heterocycles. The maximum atomic E-state index is 12.7. The molecule has 0 aliphatic carbocycles. The number of morpholine rings is 1. The molecule has 1 fully saturated rings. The van der Waals surface area contributed by atoms with E-state index in [1.807, 2.05) is 0 Å². The quantitative estimate of drug-likeness (QED) is 0.428. The van der Waals surface area contributed by atoms with Crippen molar-refractivity contribution in [2.45, 2.75) is 17.9 Å². The van der Waals surface area contributed by atoms with Crippen LogP contribution >= 0.6 is 23.2 Å². The fourth-order valence-corrected chi connectivity index (χ4v) is 6.69. The van der Waals surface area contributed by atoms with Crippen LogP contribution < -0.4 is 14.4 Å². The van der Waals surface area contributed by atoms with Gasteiger partial charge < -0.3 is 14.8 Å². The molecule has 3 rings (SSSR count). The largest absolute Gasteiger partial charge is 0.492 e. The zero-order valence-electron chi connectivity index (χ0n) is 19.7. The van der Waals surface area contributed by atoms with E-state index in [0.29, 0.717) is 32.1 Å². The monoisotopic (exact) mass is 579 g/mol. The first-order valence-electron chi connectivity index (χ1n) is 10.9. The van der Waals surface area contributed by atoms with Crippen molar-refractivity contribution in [3.05, 3.63) is 52.5 Å². The molecule has 0 spiro atoms. The van der Waals surface area contributed by atoms with Crippen molar-refractivity contribution in [2.75, 3.05) is 50.0 Å². The normalized spacial score (nSPS) is 15.8. The number of hydrogen-bond acceptors (Lipinski definition) is 7. The van der Waals surface area contributed by atoms with E-state index in [0.717, 1.165) is 10.6 Å². The molecule has 2 aromatic carbocycles. The first-order chi connectivity index (χ1) is 16.9. The average molecular weight is 581 g/mol. The highest BCUT2D eigenvalue weighted by molar-refractivity contribution is 7.92. The number of amides is 1. The number of benzene rings is 2. The predicted octanol–water partition coefficient (Wildman–Crippen LogP) is 2.36. The van der Waals surface area contributed by atoms with Gasteiger partial charge in [-0.2, -0.15) is 4.31 Å². The van der Waals surface area contributed by atoms with Gasteiger partial charge in [-0.3, -0.25) is 9.10 Å². The Labute approximate surface area is 221 Å². The smallest absolute Gasteiger partial charge is 0.243 e. The van der Waals surface area contributed by atoms with E-state index in [-0.39, 0.29) is 33.8 Å². The van der Waals surface area contributed by atoms with Crippen LogP contribution in [0.15, 0.2) is 47.4 Å². The predicted molar refractivity (Wildman–Crippen MR) is 138 cm³/mol. The molecule has 0 radical (unpaired) electrons. The summed E-state index contributed by atoms with van der Waals surface area (Å²) < 4.78 is 63.3. The molecule has 1 atom stereocenters. The highest BCUT2D eigenvalue weighted by Crippen LogP contribution is 2.28. The summed E-state index contributed by atoms with van der Waals surface area (Å²) in [6.07, 6.45) is 0.984. The highest BCUT2D eigenvalue weighted by Gasteiger charge is 2.29. The van der Waals surface area contributed by atoms with Crippen molar-refractivity contribution in [2.24, 2.45) is 0 Å². The van der Waals surface area contributed by atoms with Crippen molar-refractivity contribution in [1.82, 2.24) is 9.62 Å². The number of carbonyl (C=O) groups is 1. The van der Waals surface area contributed by atoms with Crippen LogP contribution in [-0.4, -0.2) is 78.8 Å². The van der Waals surface area contributed by atoms with Crippen LogP contribution in [0.2, 0.25) is 10.0 Å². The minimum atomic E-state index is -3.83. The summed E-state index contributed by atoms with van der Waals surface area (Å²) in [7, 11) is -7.43. The molecule has 198 valence electrons. The first-order valence-corrected chi connectivity index (χ1v) is 15.0. The Morgan fingerprint density at radius 1 is 1.08 bits per heavy atom. The molecule has 0 unspecified atom stereocenters. The van der Waals surface area contributed by atoms with E-state index in [1.54, 1.807) is 0 Å². The second-order valence-corrected chi connectivity index (χ2v) is 12.7. The Kier molecular flexibility index (Phi) is 9.47. The fourth-order valence-electron chi connectivity index (χ4n) is 3.61. The Hall–Kier alpha value is -2.09. The number of nitrogens with zero attached hydrogens (tertiary/aromatic N) is 2. The average Bonchev–Trinajstić information content (AvgIpc) is 2.81. The summed E-state index contributed by atoms with van der Waals surface area (Å²) >= 11 is 12.0. The molecule has 0 aromatic heterocycles. The number of anilines is 1. The first kappa shape index (κ1) is 28.5. The molecular formula is C22H27Cl2N3O7S2. The molecule has 1 aliphatic rings. The Morgan fingerprint density at radius 2 is 1.67 bits per heavy atom. The number of sulfonamides is 2. The van der Waals surface area contributed by atoms with Crippen LogP contribution in [0.3, 0.4) is 0 Å². The number of carbonyl (C=O) groups excluding carboxylic acids is 1. The van der Waals surface area contributed by atoms with Crippen molar-refractivity contribution < 1.29 is 31.1 Å². The SMILES string of the molecule is C[C@H](C(=O)NCCOc1ccc(S(=O)(=O)N2CCOCC2)cc1)N(c1cc(Cl)cc(Cl)c1)S(C)(=O)=O. The lowest BCUT2D eigenvalue weighted by Gasteiger charge is -2.28. The van der Waals surface area contributed by atoms with Crippen LogP contribution in [0.1, 0.15) is 6.92 Å². The number of rotatable bonds is 10. The van der Waals surface area contributed by atoms with Gasteiger partial charge in [-0.25, -0.2) is 16.8 Å². The van der Waals surface area contributed by atoms with Crippen LogP contribution in [0.4, 0.5) is 5.69 Å². The van der Waals surface area contributed by atoms with E-state index in [1.165, 1.54) is 53.7 Å². The molecule has 1 amide bonds. The van der Waals surface area contributed by atoms with Gasteiger partial charge in [0.2, 0.25) is 26.0 Å². The summed E-state index contributed by atoms with van der Waals surface area (Å²) in [5.74, 6) is -0.128. The molecule has 1 aliphatic heterocycles. The van der Waals surface area contributed by atoms with E-state index < -0.39 is 32.0 Å². The van der Waals surface area contributed by atoms with Crippen LogP contribution in [0.5, 0.6) is 5.75 Å². The topological polar surface area (TPSA) is 122 Å². The van der Waals surface area contributed by atoms with Gasteiger partial charge in [0.15, 0.2) is 0 Å². The summed E-state index contributed by atoms with van der Waals surface area (Å²) in [4.78, 5) is 12.8. The van der Waals surface area contributed by atoms with Crippen molar-refractivity contribution >= 4 is 54.8 Å². The maximum Gasteiger partial charge on any atom is 0.243 e. The zero-order valence-corrected chi connectivity index (χ0v) is 22.8. The van der Waals surface area contributed by atoms with Gasteiger partial charge in [0.05, 0.1) is 36.6 Å². The lowest BCUT2D eigenvalue weighted by atomic mass is 10.2. The van der Waals surface area contributed by atoms with E-state index in [2.05, 4.69) is 5.32 Å². The number of nitrogens with one attached hydrogen (secondary N) is 1. The molecule has 1 heterocycles. The van der Waals surface area contributed by atoms with Crippen LogP contribution in [0.25, 0.3) is 0 Å². The summed E-state index contributed by atoms with van der Waals surface area (Å²) in [5.41, 5.74) is 0.168. The molecular weight excluding hydrogens is 553 g/mol. The van der Waals surface area contributed by atoms with Gasteiger partial charge in [-0.05, 0) is 49.4 Å². The van der Waals surface area contributed by atoms with Gasteiger partial charge in [-0.1, -0.05) is 23.2 Å². The lowest BCUT2D eigenvalue weighted by molar-refractivity contribution is -0.121. The minimum Gasteiger partial charge on any atom is -0.492 e. The number of halogens is 2. The molecule has 14 heteroatoms. The molecule has 2 aromatic rings. The summed E-state index contributed by atoms with van der Waals surface area (Å²) in [5, 5.41) is 3.10. The standard InChI is InChI=1S/C22H27Cl2N3O7S2/c1-16(27(35(2,29)30)19-14-17(23)13-18(24)15-19)22(28)25-7-10-34-20-3-5-21(6-4-20)36(31,32)26-8-11-33-12-9-26/h3-6,13-16H,7-12H2,1-2H3,(H,25,28)/t16-/m1/s1. The van der Waals surface area contributed by atoms with Gasteiger partial charge >= 0.3 is 0 Å². The summed E-state index contributed by atoms with van der Waals surface area (Å²) in [6, 6.07) is 9.17. The molecule has 0 bridgehead atoms. The van der Waals surface area contributed by atoms with Crippen LogP contribution in [-0.2, 0) is 29.6 Å². The molecule has 36 heavy (non-hydrogen) atoms. The Morgan fingerprint density at radius 3 is 2.22 bits per heavy atom. The fraction of sp³-hybridized carbons (Fsp3) is 0.409. The van der Waals surface area contributed by atoms with Crippen molar-refractivity contribution in [3.63, 3.8) is 0 Å². The number of hydrogen-bond donors (Lipinski definition) is 1. The van der Waals surface area contributed by atoms with Gasteiger partial charge in [0.25, 0.3) is 0 Å². The molecule has 10 nitrogen and oxygen atoms in total. The van der Waals surface area contributed by atoms with E-state index in [4.69, 9.17) is 32.7 Å². The highest BCUT2D eigenvalue weighted by atomic mass is 35.5. The summed E-state index contributed by atoms with van der Waals surface area (Å²) in [6.45, 7) is 2.94. The maximum absolute atomic E-state index is 12.7. The second-order valence-electron chi connectivity index (χ2n) is 7.99. The van der Waals surface area contributed by atoms with Gasteiger partial charge in [0.1, 0.15) is 18.4 Å².